The number of benzene rings is 1. The van der Waals surface area contributed by atoms with Crippen LogP contribution in [0.15, 0.2) is 30.3 Å². The van der Waals surface area contributed by atoms with Crippen LogP contribution in [0.1, 0.15) is 37.7 Å². The largest absolute Gasteiger partial charge is 0.287 e. The van der Waals surface area contributed by atoms with Crippen molar-refractivity contribution in [2.45, 2.75) is 38.4 Å². The fourth-order valence-corrected chi connectivity index (χ4v) is 2.39. The van der Waals surface area contributed by atoms with E-state index in [4.69, 9.17) is 0 Å². The van der Waals surface area contributed by atoms with E-state index in [2.05, 4.69) is 29.6 Å². The molecule has 0 radical (unpaired) electrons. The van der Waals surface area contributed by atoms with Gasteiger partial charge in [-0.25, -0.2) is 4.39 Å². The number of hydrogen-bond donors (Lipinski definition) is 1. The Morgan fingerprint density at radius 2 is 2.00 bits per heavy atom. The summed E-state index contributed by atoms with van der Waals surface area (Å²) in [5.74, 6) is 1.22. The molecular formula is C14H20FN. The van der Waals surface area contributed by atoms with Gasteiger partial charge in [0.1, 0.15) is 6.30 Å². The zero-order chi connectivity index (χ0) is 11.4. The predicted octanol–water partition coefficient (Wildman–Crippen LogP) is 3.48. The third-order valence-corrected chi connectivity index (χ3v) is 3.57. The zero-order valence-electron chi connectivity index (χ0n) is 9.83. The molecule has 1 N–H and O–H groups in total. The van der Waals surface area contributed by atoms with Crippen LogP contribution < -0.4 is 5.32 Å². The molecule has 0 aliphatic heterocycles. The quantitative estimate of drug-likeness (QED) is 0.751. The Morgan fingerprint density at radius 1 is 1.31 bits per heavy atom. The summed E-state index contributed by atoms with van der Waals surface area (Å²) in [4.78, 5) is 0. The fourth-order valence-electron chi connectivity index (χ4n) is 2.39. The molecule has 1 aliphatic rings. The fraction of sp³-hybridized carbons (Fsp3) is 0.571. The van der Waals surface area contributed by atoms with Crippen LogP contribution >= 0.6 is 0 Å². The van der Waals surface area contributed by atoms with Gasteiger partial charge in [0.25, 0.3) is 0 Å². The third kappa shape index (κ3) is 2.82. The van der Waals surface area contributed by atoms with Crippen LogP contribution in [-0.4, -0.2) is 12.8 Å². The smallest absolute Gasteiger partial charge is 0.148 e. The maximum atomic E-state index is 12.9. The molecule has 0 heterocycles. The van der Waals surface area contributed by atoms with E-state index < -0.39 is 6.30 Å². The number of halogens is 1. The van der Waals surface area contributed by atoms with Crippen LogP contribution in [-0.2, 0) is 0 Å². The Bertz CT molecular complexity index is 306. The van der Waals surface area contributed by atoms with Gasteiger partial charge in [0.05, 0.1) is 0 Å². The van der Waals surface area contributed by atoms with Crippen LogP contribution in [0.2, 0.25) is 0 Å². The summed E-state index contributed by atoms with van der Waals surface area (Å²) in [5.41, 5.74) is 1.35. The van der Waals surface area contributed by atoms with Crippen LogP contribution in [0.3, 0.4) is 0 Å². The van der Waals surface area contributed by atoms with Crippen LogP contribution in [0.25, 0.3) is 0 Å². The average molecular weight is 221 g/mol. The molecule has 1 fully saturated rings. The van der Waals surface area contributed by atoms with Crippen molar-refractivity contribution in [1.29, 1.82) is 0 Å². The van der Waals surface area contributed by atoms with Crippen molar-refractivity contribution in [3.63, 3.8) is 0 Å². The molecular weight excluding hydrogens is 201 g/mol. The first-order valence-corrected chi connectivity index (χ1v) is 6.20. The Hall–Kier alpha value is -0.890. The van der Waals surface area contributed by atoms with Crippen molar-refractivity contribution in [1.82, 2.24) is 5.32 Å². The molecule has 16 heavy (non-hydrogen) atoms. The first-order chi connectivity index (χ1) is 7.77. The van der Waals surface area contributed by atoms with Gasteiger partial charge in [0.15, 0.2) is 0 Å². The lowest BCUT2D eigenvalue weighted by Crippen LogP contribution is -2.33. The van der Waals surface area contributed by atoms with Crippen molar-refractivity contribution < 1.29 is 4.39 Å². The topological polar surface area (TPSA) is 12.0 Å². The normalized spacial score (nSPS) is 20.1. The minimum absolute atomic E-state index is 0.480. The summed E-state index contributed by atoms with van der Waals surface area (Å²) in [7, 11) is 0. The molecule has 1 nitrogen and oxygen atoms in total. The van der Waals surface area contributed by atoms with E-state index >= 15 is 0 Å². The van der Waals surface area contributed by atoms with Crippen LogP contribution in [0.5, 0.6) is 0 Å². The van der Waals surface area contributed by atoms with E-state index in [0.717, 1.165) is 12.5 Å². The van der Waals surface area contributed by atoms with E-state index in [-0.39, 0.29) is 0 Å². The van der Waals surface area contributed by atoms with Gasteiger partial charge >= 0.3 is 0 Å². The minimum Gasteiger partial charge on any atom is -0.287 e. The predicted molar refractivity (Wildman–Crippen MR) is 65.1 cm³/mol. The van der Waals surface area contributed by atoms with Gasteiger partial charge in [0, 0.05) is 6.54 Å². The Labute approximate surface area is 97.1 Å². The van der Waals surface area contributed by atoms with E-state index in [1.54, 1.807) is 6.92 Å². The van der Waals surface area contributed by atoms with Crippen molar-refractivity contribution in [2.24, 2.45) is 5.92 Å². The van der Waals surface area contributed by atoms with Crippen molar-refractivity contribution in [3.05, 3.63) is 35.9 Å². The monoisotopic (exact) mass is 221 g/mol. The van der Waals surface area contributed by atoms with Crippen molar-refractivity contribution in [2.75, 3.05) is 6.54 Å². The highest BCUT2D eigenvalue weighted by molar-refractivity contribution is 5.21. The highest BCUT2D eigenvalue weighted by Crippen LogP contribution is 2.38. The minimum atomic E-state index is -0.911. The maximum Gasteiger partial charge on any atom is 0.148 e. The van der Waals surface area contributed by atoms with Gasteiger partial charge in [-0.15, -0.1) is 0 Å². The highest BCUT2D eigenvalue weighted by Gasteiger charge is 2.28. The second-order valence-electron chi connectivity index (χ2n) is 4.73. The summed E-state index contributed by atoms with van der Waals surface area (Å²) in [5, 5.41) is 2.93. The first kappa shape index (κ1) is 11.6. The van der Waals surface area contributed by atoms with Crippen LogP contribution in [0, 0.1) is 5.92 Å². The molecule has 0 spiro atoms. The summed E-state index contributed by atoms with van der Waals surface area (Å²) in [6.45, 7) is 2.31. The van der Waals surface area contributed by atoms with E-state index in [9.17, 15) is 4.39 Å². The number of nitrogens with one attached hydrogen (secondary N) is 1. The van der Waals surface area contributed by atoms with Gasteiger partial charge in [-0.2, -0.15) is 0 Å². The lowest BCUT2D eigenvalue weighted by molar-refractivity contribution is 0.226. The molecule has 1 aromatic rings. The summed E-state index contributed by atoms with van der Waals surface area (Å²) in [6.07, 6.45) is 3.01. The number of alkyl halides is 1. The van der Waals surface area contributed by atoms with Crippen LogP contribution in [0.4, 0.5) is 4.39 Å². The van der Waals surface area contributed by atoms with E-state index in [1.807, 2.05) is 6.07 Å². The van der Waals surface area contributed by atoms with Gasteiger partial charge in [-0.05, 0) is 37.2 Å². The molecule has 0 bridgehead atoms. The lowest BCUT2D eigenvalue weighted by atomic mass is 9.73. The molecule has 1 aromatic carbocycles. The molecule has 1 aliphatic carbocycles. The van der Waals surface area contributed by atoms with E-state index in [0.29, 0.717) is 5.92 Å². The highest BCUT2D eigenvalue weighted by atomic mass is 19.1. The third-order valence-electron chi connectivity index (χ3n) is 3.57. The molecule has 2 heteroatoms. The first-order valence-electron chi connectivity index (χ1n) is 6.20. The number of rotatable bonds is 5. The van der Waals surface area contributed by atoms with Gasteiger partial charge in [0.2, 0.25) is 0 Å². The molecule has 0 amide bonds. The van der Waals surface area contributed by atoms with E-state index in [1.165, 1.54) is 24.8 Å². The second kappa shape index (κ2) is 5.44. The van der Waals surface area contributed by atoms with Gasteiger partial charge < -0.3 is 0 Å². The lowest BCUT2D eigenvalue weighted by Gasteiger charge is -2.34. The molecule has 88 valence electrons. The molecule has 2 rings (SSSR count). The molecule has 0 aromatic heterocycles. The summed E-state index contributed by atoms with van der Waals surface area (Å²) in [6, 6.07) is 10.5. The summed E-state index contributed by atoms with van der Waals surface area (Å²) < 4.78 is 12.9. The Morgan fingerprint density at radius 3 is 2.50 bits per heavy atom. The molecule has 1 saturated carbocycles. The molecule has 1 unspecified atom stereocenters. The Balaban J connectivity index is 2.02. The zero-order valence-corrected chi connectivity index (χ0v) is 9.83. The standard InChI is InChI=1S/C14H20FN/c1-11(15)16-10-14(13-8-5-9-13)12-6-3-2-4-7-12/h2-4,6-7,11,13-14,16H,5,8-10H2,1H3/t11-,14?/m1/s1. The SMILES string of the molecule is C[C@H](F)NCC(c1ccccc1)C1CCC1. The van der Waals surface area contributed by atoms with Crippen molar-refractivity contribution in [3.8, 4) is 0 Å². The van der Waals surface area contributed by atoms with Gasteiger partial charge in [-0.1, -0.05) is 36.8 Å². The average Bonchev–Trinajstić information content (AvgIpc) is 2.22. The second-order valence-corrected chi connectivity index (χ2v) is 4.73. The molecule has 2 atom stereocenters. The van der Waals surface area contributed by atoms with Gasteiger partial charge in [-0.3, -0.25) is 5.32 Å². The number of hydrogen-bond acceptors (Lipinski definition) is 1. The molecule has 0 saturated heterocycles. The van der Waals surface area contributed by atoms with Crippen molar-refractivity contribution >= 4 is 0 Å². The maximum absolute atomic E-state index is 12.9. The Kier molecular flexibility index (Phi) is 3.94. The summed E-state index contributed by atoms with van der Waals surface area (Å²) >= 11 is 0.